The maximum atomic E-state index is 13.1. The fourth-order valence-corrected chi connectivity index (χ4v) is 4.26. The maximum absolute atomic E-state index is 13.1. The Hall–Kier alpha value is -2.17. The summed E-state index contributed by atoms with van der Waals surface area (Å²) in [5, 5.41) is 3.57. The quantitative estimate of drug-likeness (QED) is 0.779. The van der Waals surface area contributed by atoms with Crippen LogP contribution in [0.1, 0.15) is 17.7 Å². The highest BCUT2D eigenvalue weighted by atomic mass is 32.2. The van der Waals surface area contributed by atoms with Crippen LogP contribution < -0.4 is 10.1 Å². The second-order valence-corrected chi connectivity index (χ2v) is 8.32. The molecule has 1 N–H and O–H groups in total. The van der Waals surface area contributed by atoms with Crippen molar-refractivity contribution in [3.05, 3.63) is 47.4 Å². The van der Waals surface area contributed by atoms with Crippen LogP contribution in [0, 0.1) is 6.92 Å². The number of fused-ring (bicyclic) bond motifs is 1. The molecule has 2 aliphatic heterocycles. The molecule has 10 heteroatoms. The summed E-state index contributed by atoms with van der Waals surface area (Å²) in [5.74, 6) is -2.27. The number of alkyl halides is 2. The van der Waals surface area contributed by atoms with E-state index in [2.05, 4.69) is 15.3 Å². The average Bonchev–Trinajstić information content (AvgIpc) is 3.14. The first-order valence-electron chi connectivity index (χ1n) is 9.19. The van der Waals surface area contributed by atoms with Gasteiger partial charge in [-0.15, -0.1) is 0 Å². The molecule has 1 fully saturated rings. The first kappa shape index (κ1) is 20.1. The number of pyridine rings is 1. The molecule has 1 aliphatic carbocycles. The standard InChI is InChI=1S/C19H21F2N3O4S/c1-12-15(9-29(25)18-23-13-4-2-3-5-14(13)24-18)22-7-6-16(12)26-8-17-27-10-19(20,21)11-28-17/h2-4,6-7,14,17H,5,8-11H2,1H3,(H,23,24). The largest absolute Gasteiger partial charge is 0.488 e. The zero-order chi connectivity index (χ0) is 20.4. The van der Waals surface area contributed by atoms with Crippen molar-refractivity contribution >= 4 is 16.0 Å². The minimum atomic E-state index is -2.97. The zero-order valence-electron chi connectivity index (χ0n) is 15.8. The van der Waals surface area contributed by atoms with E-state index in [0.29, 0.717) is 16.6 Å². The Morgan fingerprint density at radius 1 is 1.38 bits per heavy atom. The van der Waals surface area contributed by atoms with Crippen LogP contribution in [0.15, 0.2) is 41.2 Å². The number of halogens is 2. The highest BCUT2D eigenvalue weighted by molar-refractivity contribution is 7.99. The van der Waals surface area contributed by atoms with Gasteiger partial charge in [0, 0.05) is 17.5 Å². The summed E-state index contributed by atoms with van der Waals surface area (Å²) in [7, 11) is -1.38. The number of ether oxygens (including phenoxy) is 3. The van der Waals surface area contributed by atoms with Gasteiger partial charge in [0.25, 0.3) is 5.92 Å². The molecular formula is C19H21F2N3O4S. The van der Waals surface area contributed by atoms with E-state index in [4.69, 9.17) is 14.2 Å². The molecule has 0 bridgehead atoms. The minimum Gasteiger partial charge on any atom is -0.488 e. The first-order valence-corrected chi connectivity index (χ1v) is 10.5. The Morgan fingerprint density at radius 3 is 2.93 bits per heavy atom. The van der Waals surface area contributed by atoms with Gasteiger partial charge in [0.05, 0.1) is 28.3 Å². The normalized spacial score (nSPS) is 24.3. The molecule has 7 nitrogen and oxygen atoms in total. The lowest BCUT2D eigenvalue weighted by molar-refractivity contribution is -0.273. The van der Waals surface area contributed by atoms with Gasteiger partial charge in [-0.05, 0) is 25.5 Å². The van der Waals surface area contributed by atoms with Gasteiger partial charge < -0.3 is 19.5 Å². The van der Waals surface area contributed by atoms with Crippen LogP contribution in [-0.4, -0.2) is 52.4 Å². The van der Waals surface area contributed by atoms with Crippen molar-refractivity contribution in [1.82, 2.24) is 10.3 Å². The monoisotopic (exact) mass is 425 g/mol. The van der Waals surface area contributed by atoms with Gasteiger partial charge in [0.15, 0.2) is 11.5 Å². The number of aliphatic imine (C=N–C) groups is 1. The average molecular weight is 425 g/mol. The number of allylic oxidation sites excluding steroid dienone is 2. The molecule has 3 aliphatic rings. The third-order valence-corrected chi connectivity index (χ3v) is 5.91. The highest BCUT2D eigenvalue weighted by Crippen LogP contribution is 2.25. The van der Waals surface area contributed by atoms with Crippen LogP contribution in [0.2, 0.25) is 0 Å². The predicted octanol–water partition coefficient (Wildman–Crippen LogP) is 2.20. The van der Waals surface area contributed by atoms with E-state index in [1.165, 1.54) is 0 Å². The summed E-state index contributed by atoms with van der Waals surface area (Å²) in [6.07, 6.45) is 7.40. The maximum Gasteiger partial charge on any atom is 0.293 e. The molecule has 0 amide bonds. The molecule has 0 radical (unpaired) electrons. The highest BCUT2D eigenvalue weighted by Gasteiger charge is 2.37. The Bertz CT molecular complexity index is 893. The summed E-state index contributed by atoms with van der Waals surface area (Å²) in [6, 6.07) is 1.67. The SMILES string of the molecule is Cc1c(OCC2OCC(F)(F)CO2)ccnc1CS(=O)C1=NC2CC=CC=C2N1. The van der Waals surface area contributed by atoms with Crippen LogP contribution in [-0.2, 0) is 26.0 Å². The second kappa shape index (κ2) is 8.29. The van der Waals surface area contributed by atoms with Gasteiger partial charge in [0.2, 0.25) is 0 Å². The van der Waals surface area contributed by atoms with Crippen LogP contribution in [0.25, 0.3) is 0 Å². The van der Waals surface area contributed by atoms with E-state index >= 15 is 0 Å². The molecule has 156 valence electrons. The number of aromatic nitrogens is 1. The lowest BCUT2D eigenvalue weighted by Crippen LogP contribution is -2.43. The van der Waals surface area contributed by atoms with Crippen molar-refractivity contribution in [3.8, 4) is 5.75 Å². The van der Waals surface area contributed by atoms with E-state index < -0.39 is 36.2 Å². The molecule has 2 atom stereocenters. The van der Waals surface area contributed by atoms with Gasteiger partial charge in [-0.2, -0.15) is 0 Å². The van der Waals surface area contributed by atoms with Gasteiger partial charge in [0.1, 0.15) is 25.6 Å². The van der Waals surface area contributed by atoms with Gasteiger partial charge >= 0.3 is 0 Å². The summed E-state index contributed by atoms with van der Waals surface area (Å²) in [5.41, 5.74) is 2.29. The van der Waals surface area contributed by atoms with Gasteiger partial charge in [-0.25, -0.2) is 8.78 Å². The molecule has 4 rings (SSSR count). The summed E-state index contributed by atoms with van der Waals surface area (Å²) < 4.78 is 54.5. The molecule has 1 saturated heterocycles. The van der Waals surface area contributed by atoms with Crippen molar-refractivity contribution < 1.29 is 27.2 Å². The van der Waals surface area contributed by atoms with Crippen molar-refractivity contribution in [3.63, 3.8) is 0 Å². The van der Waals surface area contributed by atoms with E-state index in [0.717, 1.165) is 17.7 Å². The summed E-state index contributed by atoms with van der Waals surface area (Å²) in [4.78, 5) is 8.81. The lowest BCUT2D eigenvalue weighted by Gasteiger charge is -2.29. The number of hydrogen-bond donors (Lipinski definition) is 1. The van der Waals surface area contributed by atoms with Crippen molar-refractivity contribution in [1.29, 1.82) is 0 Å². The lowest BCUT2D eigenvalue weighted by atomic mass is 10.1. The van der Waals surface area contributed by atoms with E-state index in [9.17, 15) is 13.0 Å². The Balaban J connectivity index is 1.36. The minimum absolute atomic E-state index is 0.00513. The van der Waals surface area contributed by atoms with Crippen LogP contribution >= 0.6 is 0 Å². The fraction of sp³-hybridized carbons (Fsp3) is 0.474. The van der Waals surface area contributed by atoms with Gasteiger partial charge in [-0.3, -0.25) is 14.2 Å². The smallest absolute Gasteiger partial charge is 0.293 e. The molecule has 1 aromatic rings. The predicted molar refractivity (Wildman–Crippen MR) is 103 cm³/mol. The van der Waals surface area contributed by atoms with E-state index in [-0.39, 0.29) is 18.4 Å². The molecule has 0 saturated carbocycles. The van der Waals surface area contributed by atoms with E-state index in [1.807, 2.05) is 25.2 Å². The number of hydrogen-bond acceptors (Lipinski definition) is 7. The van der Waals surface area contributed by atoms with Crippen molar-refractivity contribution in [2.24, 2.45) is 4.99 Å². The van der Waals surface area contributed by atoms with Gasteiger partial charge in [-0.1, -0.05) is 12.2 Å². The molecule has 1 aromatic heterocycles. The molecule has 0 aromatic carbocycles. The van der Waals surface area contributed by atoms with E-state index in [1.54, 1.807) is 12.3 Å². The summed E-state index contributed by atoms with van der Waals surface area (Å²) >= 11 is 0. The van der Waals surface area contributed by atoms with Crippen LogP contribution in [0.3, 0.4) is 0 Å². The number of rotatable bonds is 5. The topological polar surface area (TPSA) is 82.0 Å². The first-order chi connectivity index (χ1) is 13.9. The summed E-state index contributed by atoms with van der Waals surface area (Å²) in [6.45, 7) is 0.396. The Labute approximate surface area is 169 Å². The number of nitrogens with one attached hydrogen (secondary N) is 1. The second-order valence-electron chi connectivity index (χ2n) is 6.95. The van der Waals surface area contributed by atoms with Crippen molar-refractivity contribution in [2.75, 3.05) is 19.8 Å². The number of amidine groups is 1. The molecule has 0 spiro atoms. The third-order valence-electron chi connectivity index (χ3n) is 4.73. The molecular weight excluding hydrogens is 404 g/mol. The van der Waals surface area contributed by atoms with Crippen molar-refractivity contribution in [2.45, 2.75) is 37.4 Å². The number of nitrogens with zero attached hydrogens (tertiary/aromatic N) is 2. The Kier molecular flexibility index (Phi) is 5.75. The van der Waals surface area contributed by atoms with Crippen LogP contribution in [0.4, 0.5) is 8.78 Å². The fourth-order valence-electron chi connectivity index (χ4n) is 3.10. The van der Waals surface area contributed by atoms with Crippen LogP contribution in [0.5, 0.6) is 5.75 Å². The molecule has 2 unspecified atom stereocenters. The molecule has 3 heterocycles. The Morgan fingerprint density at radius 2 is 2.17 bits per heavy atom. The molecule has 29 heavy (non-hydrogen) atoms. The third kappa shape index (κ3) is 4.71. The zero-order valence-corrected chi connectivity index (χ0v) is 16.6.